The molecule has 5 nitrogen and oxygen atoms in total. The van der Waals surface area contributed by atoms with Crippen molar-refractivity contribution < 1.29 is 14.3 Å². The first-order valence-electron chi connectivity index (χ1n) is 9.47. The first kappa shape index (κ1) is 19.1. The van der Waals surface area contributed by atoms with E-state index >= 15 is 0 Å². The van der Waals surface area contributed by atoms with Gasteiger partial charge in [-0.3, -0.25) is 0 Å². The topological polar surface area (TPSA) is 50.8 Å². The van der Waals surface area contributed by atoms with Gasteiger partial charge in [-0.15, -0.1) is 0 Å². The fourth-order valence-electron chi connectivity index (χ4n) is 3.57. The summed E-state index contributed by atoms with van der Waals surface area (Å²) < 4.78 is 10.6. The van der Waals surface area contributed by atoms with Gasteiger partial charge in [0.05, 0.1) is 14.2 Å². The number of amides is 2. The van der Waals surface area contributed by atoms with Crippen molar-refractivity contribution in [1.82, 2.24) is 10.2 Å². The summed E-state index contributed by atoms with van der Waals surface area (Å²) in [6, 6.07) is 16.3. The Labute approximate surface area is 161 Å². The lowest BCUT2D eigenvalue weighted by Crippen LogP contribution is -2.44. The molecule has 1 heterocycles. The van der Waals surface area contributed by atoms with E-state index in [0.29, 0.717) is 24.0 Å². The molecular weight excluding hydrogens is 340 g/mol. The average Bonchev–Trinajstić information content (AvgIpc) is 2.73. The Morgan fingerprint density at radius 2 is 1.70 bits per heavy atom. The Bertz CT molecular complexity index is 740. The van der Waals surface area contributed by atoms with Gasteiger partial charge >= 0.3 is 6.03 Å². The number of piperidine rings is 1. The van der Waals surface area contributed by atoms with Crippen LogP contribution in [0.3, 0.4) is 0 Å². The molecule has 2 amide bonds. The molecule has 0 atom stereocenters. The molecule has 1 N–H and O–H groups in total. The van der Waals surface area contributed by atoms with Crippen LogP contribution in [-0.2, 0) is 13.0 Å². The van der Waals surface area contributed by atoms with Crippen molar-refractivity contribution in [2.24, 2.45) is 5.92 Å². The van der Waals surface area contributed by atoms with Gasteiger partial charge in [0, 0.05) is 19.6 Å². The van der Waals surface area contributed by atoms with Gasteiger partial charge in [0.2, 0.25) is 0 Å². The van der Waals surface area contributed by atoms with Crippen molar-refractivity contribution in [1.29, 1.82) is 0 Å². The lowest BCUT2D eigenvalue weighted by molar-refractivity contribution is 0.170. The third-order valence-electron chi connectivity index (χ3n) is 5.16. The predicted molar refractivity (Wildman–Crippen MR) is 106 cm³/mol. The molecule has 0 aromatic heterocycles. The average molecular weight is 368 g/mol. The highest BCUT2D eigenvalue weighted by atomic mass is 16.5. The van der Waals surface area contributed by atoms with E-state index in [1.165, 1.54) is 5.56 Å². The molecule has 5 heteroatoms. The molecule has 0 spiro atoms. The summed E-state index contributed by atoms with van der Waals surface area (Å²) in [5, 5.41) is 3.01. The molecule has 0 unspecified atom stereocenters. The van der Waals surface area contributed by atoms with Crippen LogP contribution in [0.1, 0.15) is 24.0 Å². The Kier molecular flexibility index (Phi) is 6.58. The second-order valence-electron chi connectivity index (χ2n) is 6.97. The van der Waals surface area contributed by atoms with E-state index in [9.17, 15) is 4.79 Å². The molecule has 1 aliphatic heterocycles. The number of carbonyl (C=O) groups is 1. The van der Waals surface area contributed by atoms with Gasteiger partial charge in [0.1, 0.15) is 0 Å². The molecule has 0 aliphatic carbocycles. The maximum atomic E-state index is 12.5. The van der Waals surface area contributed by atoms with Gasteiger partial charge in [-0.2, -0.15) is 0 Å². The fraction of sp³-hybridized carbons (Fsp3) is 0.409. The van der Waals surface area contributed by atoms with E-state index in [2.05, 4.69) is 35.6 Å². The number of likely N-dealkylation sites (tertiary alicyclic amines) is 1. The number of carbonyl (C=O) groups excluding carboxylic acids is 1. The Balaban J connectivity index is 1.46. The molecule has 1 aliphatic rings. The van der Waals surface area contributed by atoms with Crippen LogP contribution in [0.25, 0.3) is 0 Å². The Morgan fingerprint density at radius 3 is 2.37 bits per heavy atom. The van der Waals surface area contributed by atoms with Gasteiger partial charge in [-0.05, 0) is 48.4 Å². The number of nitrogens with zero attached hydrogens (tertiary/aromatic N) is 1. The number of benzene rings is 2. The summed E-state index contributed by atoms with van der Waals surface area (Å²) in [6.07, 6.45) is 3.21. The second-order valence-corrected chi connectivity index (χ2v) is 6.97. The molecule has 1 fully saturated rings. The van der Waals surface area contributed by atoms with Gasteiger partial charge in [0.15, 0.2) is 11.5 Å². The number of ether oxygens (including phenoxy) is 2. The normalized spacial score (nSPS) is 14.7. The van der Waals surface area contributed by atoms with E-state index < -0.39 is 0 Å². The first-order chi connectivity index (χ1) is 13.2. The van der Waals surface area contributed by atoms with E-state index in [4.69, 9.17) is 9.47 Å². The number of methoxy groups -OCH3 is 2. The van der Waals surface area contributed by atoms with Crippen molar-refractivity contribution in [2.75, 3.05) is 27.3 Å². The summed E-state index contributed by atoms with van der Waals surface area (Å²) in [7, 11) is 3.22. The highest BCUT2D eigenvalue weighted by molar-refractivity contribution is 5.74. The first-order valence-corrected chi connectivity index (χ1v) is 9.47. The van der Waals surface area contributed by atoms with E-state index in [1.807, 2.05) is 23.1 Å². The van der Waals surface area contributed by atoms with Crippen LogP contribution in [-0.4, -0.2) is 38.2 Å². The number of hydrogen-bond donors (Lipinski definition) is 1. The van der Waals surface area contributed by atoms with Gasteiger partial charge in [-0.25, -0.2) is 4.79 Å². The lowest BCUT2D eigenvalue weighted by atomic mass is 9.90. The van der Waals surface area contributed by atoms with Crippen molar-refractivity contribution in [3.8, 4) is 11.5 Å². The molecule has 1 saturated heterocycles. The summed E-state index contributed by atoms with van der Waals surface area (Å²) in [5.41, 5.74) is 2.37. The molecule has 0 bridgehead atoms. The monoisotopic (exact) mass is 368 g/mol. The predicted octanol–water partition coefficient (Wildman–Crippen LogP) is 3.87. The smallest absolute Gasteiger partial charge is 0.317 e. The molecule has 0 radical (unpaired) electrons. The minimum absolute atomic E-state index is 0.00273. The maximum Gasteiger partial charge on any atom is 0.317 e. The van der Waals surface area contributed by atoms with Crippen molar-refractivity contribution in [3.63, 3.8) is 0 Å². The molecule has 3 rings (SSSR count). The summed E-state index contributed by atoms with van der Waals surface area (Å²) in [6.45, 7) is 2.10. The Morgan fingerprint density at radius 1 is 1.00 bits per heavy atom. The fourth-order valence-corrected chi connectivity index (χ4v) is 3.57. The van der Waals surface area contributed by atoms with Crippen molar-refractivity contribution in [2.45, 2.75) is 25.8 Å². The van der Waals surface area contributed by atoms with Crippen LogP contribution in [0.5, 0.6) is 11.5 Å². The maximum absolute atomic E-state index is 12.5. The zero-order valence-electron chi connectivity index (χ0n) is 16.1. The number of urea groups is 1. The van der Waals surface area contributed by atoms with Gasteiger partial charge < -0.3 is 19.7 Å². The summed E-state index contributed by atoms with van der Waals surface area (Å²) in [5.74, 6) is 2.02. The van der Waals surface area contributed by atoms with Gasteiger partial charge in [-0.1, -0.05) is 36.4 Å². The molecule has 144 valence electrons. The quantitative estimate of drug-likeness (QED) is 0.842. The zero-order valence-corrected chi connectivity index (χ0v) is 16.1. The van der Waals surface area contributed by atoms with Crippen LogP contribution >= 0.6 is 0 Å². The third-order valence-corrected chi connectivity index (χ3v) is 5.16. The third kappa shape index (κ3) is 5.16. The standard InChI is InChI=1S/C22H28N2O3/c1-26-20-9-8-19(15-21(20)27-2)16-23-22(25)24-12-10-18(11-13-24)14-17-6-4-3-5-7-17/h3-9,15,18H,10-14,16H2,1-2H3,(H,23,25). The molecule has 2 aromatic rings. The van der Waals surface area contributed by atoms with Gasteiger partial charge in [0.25, 0.3) is 0 Å². The SMILES string of the molecule is COc1ccc(CNC(=O)N2CCC(Cc3ccccc3)CC2)cc1OC. The minimum Gasteiger partial charge on any atom is -0.493 e. The number of rotatable bonds is 6. The minimum atomic E-state index is 0.00273. The highest BCUT2D eigenvalue weighted by Gasteiger charge is 2.22. The highest BCUT2D eigenvalue weighted by Crippen LogP contribution is 2.27. The van der Waals surface area contributed by atoms with E-state index in [-0.39, 0.29) is 6.03 Å². The van der Waals surface area contributed by atoms with Crippen LogP contribution in [0.15, 0.2) is 48.5 Å². The van der Waals surface area contributed by atoms with E-state index in [1.54, 1.807) is 14.2 Å². The molecule has 0 saturated carbocycles. The molecule has 2 aromatic carbocycles. The van der Waals surface area contributed by atoms with E-state index in [0.717, 1.165) is 37.9 Å². The van der Waals surface area contributed by atoms with Crippen LogP contribution in [0.4, 0.5) is 4.79 Å². The summed E-state index contributed by atoms with van der Waals surface area (Å²) >= 11 is 0. The summed E-state index contributed by atoms with van der Waals surface area (Å²) in [4.78, 5) is 14.4. The van der Waals surface area contributed by atoms with Crippen molar-refractivity contribution in [3.05, 3.63) is 59.7 Å². The molecule has 27 heavy (non-hydrogen) atoms. The molecular formula is C22H28N2O3. The zero-order chi connectivity index (χ0) is 19.1. The van der Waals surface area contributed by atoms with Crippen LogP contribution in [0.2, 0.25) is 0 Å². The van der Waals surface area contributed by atoms with Crippen LogP contribution < -0.4 is 14.8 Å². The Hall–Kier alpha value is -2.69. The lowest BCUT2D eigenvalue weighted by Gasteiger charge is -2.32. The number of hydrogen-bond acceptors (Lipinski definition) is 3. The number of nitrogens with one attached hydrogen (secondary N) is 1. The van der Waals surface area contributed by atoms with Crippen molar-refractivity contribution >= 4 is 6.03 Å². The largest absolute Gasteiger partial charge is 0.493 e. The van der Waals surface area contributed by atoms with Crippen LogP contribution in [0, 0.1) is 5.92 Å². The second kappa shape index (κ2) is 9.31.